The summed E-state index contributed by atoms with van der Waals surface area (Å²) >= 11 is 6.22. The van der Waals surface area contributed by atoms with E-state index in [-0.39, 0.29) is 22.1 Å². The van der Waals surface area contributed by atoms with E-state index in [1.54, 1.807) is 6.07 Å². The summed E-state index contributed by atoms with van der Waals surface area (Å²) in [5.41, 5.74) is 5.90. The van der Waals surface area contributed by atoms with E-state index in [4.69, 9.17) is 11.6 Å². The van der Waals surface area contributed by atoms with E-state index in [2.05, 4.69) is 0 Å². The highest BCUT2D eigenvalue weighted by molar-refractivity contribution is 6.51. The molecule has 3 aromatic carbocycles. The number of amides is 1. The lowest BCUT2D eigenvalue weighted by atomic mass is 9.88. The molecule has 1 unspecified atom stereocenters. The van der Waals surface area contributed by atoms with Gasteiger partial charge in [-0.05, 0) is 97.7 Å². The van der Waals surface area contributed by atoms with Gasteiger partial charge in [0.25, 0.3) is 11.7 Å². The molecule has 0 aromatic heterocycles. The Balaban J connectivity index is 1.72. The van der Waals surface area contributed by atoms with Crippen molar-refractivity contribution in [2.75, 3.05) is 4.90 Å². The van der Waals surface area contributed by atoms with E-state index in [1.807, 2.05) is 50.2 Å². The molecule has 0 bridgehead atoms. The van der Waals surface area contributed by atoms with Crippen LogP contribution in [0.4, 0.5) is 5.69 Å². The minimum absolute atomic E-state index is 0.00618. The van der Waals surface area contributed by atoms with E-state index in [1.165, 1.54) is 22.6 Å². The highest BCUT2D eigenvalue weighted by Crippen LogP contribution is 2.44. The van der Waals surface area contributed by atoms with Crippen molar-refractivity contribution in [3.63, 3.8) is 0 Å². The molecule has 1 amide bonds. The molecule has 2 N–H and O–H groups in total. The highest BCUT2D eigenvalue weighted by atomic mass is 35.5. The number of hydrogen-bond acceptors (Lipinski definition) is 4. The van der Waals surface area contributed by atoms with Crippen molar-refractivity contribution in [3.8, 4) is 5.75 Å². The van der Waals surface area contributed by atoms with Gasteiger partial charge in [-0.2, -0.15) is 0 Å². The Hall–Kier alpha value is -3.57. The van der Waals surface area contributed by atoms with Crippen molar-refractivity contribution in [1.82, 2.24) is 0 Å². The number of carbonyl (C=O) groups excluding carboxylic acids is 2. The predicted octanol–water partition coefficient (Wildman–Crippen LogP) is 6.17. The summed E-state index contributed by atoms with van der Waals surface area (Å²) in [4.78, 5) is 28.2. The van der Waals surface area contributed by atoms with Crippen LogP contribution < -0.4 is 4.90 Å². The van der Waals surface area contributed by atoms with E-state index in [9.17, 15) is 19.8 Å². The van der Waals surface area contributed by atoms with Gasteiger partial charge in [0.15, 0.2) is 0 Å². The summed E-state index contributed by atoms with van der Waals surface area (Å²) < 4.78 is 0. The van der Waals surface area contributed by atoms with Crippen LogP contribution in [0.25, 0.3) is 5.76 Å². The molecular formula is C29H26ClNO4. The number of hydrogen-bond donors (Lipinski definition) is 2. The molecule has 1 aliphatic heterocycles. The van der Waals surface area contributed by atoms with Crippen molar-refractivity contribution in [2.45, 2.75) is 45.6 Å². The summed E-state index contributed by atoms with van der Waals surface area (Å²) in [7, 11) is 0. The third kappa shape index (κ3) is 4.10. The van der Waals surface area contributed by atoms with Gasteiger partial charge in [-0.3, -0.25) is 14.5 Å². The normalized spacial score (nSPS) is 19.2. The molecule has 1 saturated heterocycles. The summed E-state index contributed by atoms with van der Waals surface area (Å²) in [5, 5.41) is 21.5. The zero-order valence-electron chi connectivity index (χ0n) is 19.6. The Labute approximate surface area is 209 Å². The molecule has 1 aliphatic carbocycles. The summed E-state index contributed by atoms with van der Waals surface area (Å²) in [6, 6.07) is 15.1. The van der Waals surface area contributed by atoms with Gasteiger partial charge >= 0.3 is 0 Å². The van der Waals surface area contributed by atoms with Crippen LogP contribution in [0, 0.1) is 13.8 Å². The Kier molecular flexibility index (Phi) is 5.89. The largest absolute Gasteiger partial charge is 0.507 e. The molecule has 0 radical (unpaired) electrons. The maximum Gasteiger partial charge on any atom is 0.300 e. The fraction of sp³-hybridized carbons (Fsp3) is 0.241. The second-order valence-electron chi connectivity index (χ2n) is 9.42. The number of rotatable bonds is 3. The number of benzene rings is 3. The van der Waals surface area contributed by atoms with E-state index < -0.39 is 17.7 Å². The maximum atomic E-state index is 13.4. The van der Waals surface area contributed by atoms with Crippen LogP contribution in [0.1, 0.15) is 52.3 Å². The molecule has 1 atom stereocenters. The topological polar surface area (TPSA) is 77.8 Å². The van der Waals surface area contributed by atoms with E-state index >= 15 is 0 Å². The molecule has 3 aromatic rings. The van der Waals surface area contributed by atoms with Gasteiger partial charge in [-0.15, -0.1) is 0 Å². The monoisotopic (exact) mass is 487 g/mol. The molecule has 5 rings (SSSR count). The second kappa shape index (κ2) is 8.90. The number of phenols is 1. The Bertz CT molecular complexity index is 1390. The number of phenolic OH excluding ortho intramolecular Hbond substituents is 1. The number of fused-ring (bicyclic) bond motifs is 1. The molecule has 5 nitrogen and oxygen atoms in total. The quantitative estimate of drug-likeness (QED) is 0.263. The van der Waals surface area contributed by atoms with Crippen molar-refractivity contribution >= 4 is 34.7 Å². The fourth-order valence-electron chi connectivity index (χ4n) is 5.23. The molecule has 1 fully saturated rings. The van der Waals surface area contributed by atoms with E-state index in [0.29, 0.717) is 16.8 Å². The first-order valence-corrected chi connectivity index (χ1v) is 12.1. The minimum Gasteiger partial charge on any atom is -0.507 e. The lowest BCUT2D eigenvalue weighted by Crippen LogP contribution is -2.29. The summed E-state index contributed by atoms with van der Waals surface area (Å²) in [6.07, 6.45) is 4.14. The first-order valence-electron chi connectivity index (χ1n) is 11.7. The number of Topliss-reactive ketones (excluding diaryl/α,β-unsaturated/α-hetero) is 1. The average molecular weight is 488 g/mol. The predicted molar refractivity (Wildman–Crippen MR) is 137 cm³/mol. The molecule has 6 heteroatoms. The van der Waals surface area contributed by atoms with Gasteiger partial charge in [0.05, 0.1) is 16.6 Å². The summed E-state index contributed by atoms with van der Waals surface area (Å²) in [6.45, 7) is 3.85. The number of anilines is 1. The number of ketones is 1. The highest BCUT2D eigenvalue weighted by Gasteiger charge is 2.47. The van der Waals surface area contributed by atoms with Crippen molar-refractivity contribution in [1.29, 1.82) is 0 Å². The van der Waals surface area contributed by atoms with Crippen LogP contribution in [0.2, 0.25) is 5.02 Å². The summed E-state index contributed by atoms with van der Waals surface area (Å²) in [5.74, 6) is -1.79. The molecule has 1 heterocycles. The van der Waals surface area contributed by atoms with Crippen LogP contribution in [-0.2, 0) is 22.4 Å². The van der Waals surface area contributed by atoms with E-state index in [0.717, 1.165) is 42.4 Å². The number of aliphatic hydroxyl groups is 1. The van der Waals surface area contributed by atoms with Gasteiger partial charge < -0.3 is 10.2 Å². The lowest BCUT2D eigenvalue weighted by molar-refractivity contribution is -0.132. The molecule has 178 valence electrons. The number of halogens is 1. The minimum atomic E-state index is -0.898. The van der Waals surface area contributed by atoms with Crippen LogP contribution in [0.3, 0.4) is 0 Å². The maximum absolute atomic E-state index is 13.4. The number of aromatic hydroxyl groups is 1. The van der Waals surface area contributed by atoms with Crippen molar-refractivity contribution < 1.29 is 19.8 Å². The molecule has 2 aliphatic rings. The Morgan fingerprint density at radius 3 is 2.29 bits per heavy atom. The fourth-order valence-corrected chi connectivity index (χ4v) is 5.42. The lowest BCUT2D eigenvalue weighted by Gasteiger charge is -2.26. The van der Waals surface area contributed by atoms with Crippen LogP contribution in [0.15, 0.2) is 60.2 Å². The number of aliphatic hydroxyl groups excluding tert-OH is 1. The van der Waals surface area contributed by atoms with Gasteiger partial charge in [0.1, 0.15) is 11.5 Å². The average Bonchev–Trinajstić information content (AvgIpc) is 3.10. The smallest absolute Gasteiger partial charge is 0.300 e. The first kappa shape index (κ1) is 23.2. The Morgan fingerprint density at radius 1 is 0.914 bits per heavy atom. The van der Waals surface area contributed by atoms with Gasteiger partial charge in [0.2, 0.25) is 0 Å². The van der Waals surface area contributed by atoms with Gasteiger partial charge in [0, 0.05) is 11.3 Å². The second-order valence-corrected chi connectivity index (χ2v) is 9.82. The molecule has 0 spiro atoms. The van der Waals surface area contributed by atoms with Crippen LogP contribution in [-0.4, -0.2) is 21.9 Å². The molecule has 35 heavy (non-hydrogen) atoms. The van der Waals surface area contributed by atoms with Crippen LogP contribution in [0.5, 0.6) is 5.75 Å². The first-order chi connectivity index (χ1) is 16.7. The van der Waals surface area contributed by atoms with Gasteiger partial charge in [-0.1, -0.05) is 35.9 Å². The standard InChI is InChI=1S/C29H26ClNO4/c1-16-11-17(2)13-22(12-16)31-26(20-9-10-24(32)23(30)15-20)25(28(34)29(31)35)27(33)21-8-7-18-5-3-4-6-19(18)14-21/h7-15,26,32-33H,3-6H2,1-2H3/b27-25-. The van der Waals surface area contributed by atoms with Crippen molar-refractivity contribution in [3.05, 3.63) is 98.6 Å². The molecule has 0 saturated carbocycles. The Morgan fingerprint density at radius 2 is 1.60 bits per heavy atom. The van der Waals surface area contributed by atoms with Gasteiger partial charge in [-0.25, -0.2) is 0 Å². The van der Waals surface area contributed by atoms with Crippen molar-refractivity contribution in [2.24, 2.45) is 0 Å². The zero-order valence-corrected chi connectivity index (χ0v) is 20.4. The number of nitrogens with zero attached hydrogens (tertiary/aromatic N) is 1. The zero-order chi connectivity index (χ0) is 24.9. The third-order valence-electron chi connectivity index (χ3n) is 6.84. The SMILES string of the molecule is Cc1cc(C)cc(N2C(=O)C(=O)/C(=C(\O)c3ccc4c(c3)CCCC4)C2c2ccc(O)c(Cl)c2)c1. The number of carbonyl (C=O) groups is 2. The van der Waals surface area contributed by atoms with Crippen LogP contribution >= 0.6 is 11.6 Å². The molecular weight excluding hydrogens is 462 g/mol. The third-order valence-corrected chi connectivity index (χ3v) is 7.14. The number of aryl methyl sites for hydroxylation is 4.